The van der Waals surface area contributed by atoms with Gasteiger partial charge in [-0.15, -0.1) is 0 Å². The third-order valence-corrected chi connectivity index (χ3v) is 8.35. The molecule has 3 saturated heterocycles. The molecule has 3 heterocycles. The van der Waals surface area contributed by atoms with E-state index in [9.17, 15) is 29.7 Å². The SMILES string of the molecule is COc1cc(/C=C/C(=O)OC2C3OC4OC2C(OC(=O)/C=C/c2ccc(O)c(OC)c2)C(O4)C3OC(=O)/C=C/c2ccc(O)c(OC)c2)ccc1O. The summed E-state index contributed by atoms with van der Waals surface area (Å²) in [5.74, 6) is -2.11. The molecule has 272 valence electrons. The van der Waals surface area contributed by atoms with Crippen molar-refractivity contribution in [2.75, 3.05) is 21.3 Å². The lowest BCUT2D eigenvalue weighted by Gasteiger charge is -2.57. The zero-order valence-electron chi connectivity index (χ0n) is 27.9. The Morgan fingerprint density at radius 3 is 1.08 bits per heavy atom. The van der Waals surface area contributed by atoms with Crippen molar-refractivity contribution in [1.29, 1.82) is 0 Å². The largest absolute Gasteiger partial charge is 0.504 e. The Labute approximate surface area is 296 Å². The highest BCUT2D eigenvalue weighted by Crippen LogP contribution is 2.44. The number of phenolic OH excluding ortho intramolecular Hbond substituents is 3. The standard InChI is InChI=1S/C37H34O15/c1-44-25-16-19(4-10-22(25)38)7-13-28(41)47-31-34-32(48-29(42)14-8-20-5-11-23(39)26(17-20)45-2)36-33(35(31)51-37(50-34)52-36)49-30(43)15-9-21-6-12-24(40)27(18-21)46-3/h4-18,31-40H,1-3H3/b13-7+,14-8+,15-9+. The fourth-order valence-electron chi connectivity index (χ4n) is 5.88. The first kappa shape index (κ1) is 35.8. The molecule has 4 fully saturated rings. The van der Waals surface area contributed by atoms with Gasteiger partial charge in [-0.05, 0) is 71.3 Å². The Kier molecular flexibility index (Phi) is 10.6. The number of benzene rings is 3. The highest BCUT2D eigenvalue weighted by atomic mass is 16.9. The summed E-state index contributed by atoms with van der Waals surface area (Å²) < 4.78 is 50.2. The van der Waals surface area contributed by atoms with Crippen LogP contribution < -0.4 is 14.2 Å². The molecule has 0 unspecified atom stereocenters. The molecule has 15 nitrogen and oxygen atoms in total. The van der Waals surface area contributed by atoms with Gasteiger partial charge in [-0.25, -0.2) is 14.4 Å². The molecule has 3 N–H and O–H groups in total. The predicted molar refractivity (Wildman–Crippen MR) is 179 cm³/mol. The number of esters is 3. The molecule has 3 aromatic carbocycles. The second-order valence-corrected chi connectivity index (χ2v) is 11.6. The maximum absolute atomic E-state index is 13.1. The van der Waals surface area contributed by atoms with Gasteiger partial charge in [-0.3, -0.25) is 0 Å². The van der Waals surface area contributed by atoms with Crippen LogP contribution in [0.25, 0.3) is 18.2 Å². The van der Waals surface area contributed by atoms with Crippen molar-refractivity contribution in [2.24, 2.45) is 0 Å². The molecule has 0 aromatic heterocycles. The van der Waals surface area contributed by atoms with Gasteiger partial charge in [0.1, 0.15) is 18.3 Å². The minimum absolute atomic E-state index is 0.0798. The molecule has 4 aliphatic rings. The van der Waals surface area contributed by atoms with E-state index in [0.717, 1.165) is 18.2 Å². The Hall–Kier alpha value is -6.03. The van der Waals surface area contributed by atoms with Crippen molar-refractivity contribution in [1.82, 2.24) is 0 Å². The summed E-state index contributed by atoms with van der Waals surface area (Å²) in [5.41, 5.74) is 1.56. The molecule has 7 rings (SSSR count). The monoisotopic (exact) mass is 718 g/mol. The second-order valence-electron chi connectivity index (χ2n) is 11.6. The van der Waals surface area contributed by atoms with Gasteiger partial charge in [0.15, 0.2) is 52.8 Å². The van der Waals surface area contributed by atoms with Crippen LogP contribution in [-0.4, -0.2) is 97.7 Å². The number of carbonyl (C=O) groups is 3. The van der Waals surface area contributed by atoms with Gasteiger partial charge in [0, 0.05) is 18.2 Å². The summed E-state index contributed by atoms with van der Waals surface area (Å²) in [6.45, 7) is -1.22. The van der Waals surface area contributed by atoms with Crippen LogP contribution in [0.3, 0.4) is 0 Å². The van der Waals surface area contributed by atoms with Crippen molar-refractivity contribution < 1.29 is 72.3 Å². The average Bonchev–Trinajstić information content (AvgIpc) is 3.14. The van der Waals surface area contributed by atoms with Crippen LogP contribution in [0.1, 0.15) is 16.7 Å². The fraction of sp³-hybridized carbons (Fsp3) is 0.270. The number of ether oxygens (including phenoxy) is 9. The molecule has 4 bridgehead atoms. The number of rotatable bonds is 12. The van der Waals surface area contributed by atoms with E-state index in [-0.39, 0.29) is 34.5 Å². The molecule has 3 aliphatic heterocycles. The van der Waals surface area contributed by atoms with Crippen molar-refractivity contribution >= 4 is 36.1 Å². The molecule has 1 aliphatic carbocycles. The Morgan fingerprint density at radius 2 is 0.808 bits per heavy atom. The summed E-state index contributed by atoms with van der Waals surface area (Å²) in [6.07, 6.45) is 0.818. The Balaban J connectivity index is 1.23. The first-order valence-corrected chi connectivity index (χ1v) is 15.8. The van der Waals surface area contributed by atoms with Crippen LogP contribution in [0.2, 0.25) is 0 Å². The van der Waals surface area contributed by atoms with E-state index >= 15 is 0 Å². The minimum atomic E-state index is -1.23. The molecule has 1 saturated carbocycles. The quantitative estimate of drug-likeness (QED) is 0.140. The first-order valence-electron chi connectivity index (χ1n) is 15.8. The number of hydrogen-bond acceptors (Lipinski definition) is 15. The topological polar surface area (TPSA) is 195 Å². The molecule has 3 aromatic rings. The third-order valence-electron chi connectivity index (χ3n) is 8.35. The number of phenols is 3. The first-order chi connectivity index (χ1) is 25.1. The highest BCUT2D eigenvalue weighted by molar-refractivity contribution is 5.89. The fourth-order valence-corrected chi connectivity index (χ4v) is 5.88. The van der Waals surface area contributed by atoms with E-state index < -0.39 is 61.0 Å². The molecule has 0 atom stereocenters. The van der Waals surface area contributed by atoms with Gasteiger partial charge in [-0.2, -0.15) is 0 Å². The molecule has 0 radical (unpaired) electrons. The number of hydrogen-bond donors (Lipinski definition) is 3. The maximum atomic E-state index is 13.1. The summed E-state index contributed by atoms with van der Waals surface area (Å²) >= 11 is 0. The summed E-state index contributed by atoms with van der Waals surface area (Å²) in [6, 6.07) is 13.4. The van der Waals surface area contributed by atoms with Crippen LogP contribution in [0, 0.1) is 0 Å². The van der Waals surface area contributed by atoms with E-state index in [1.165, 1.54) is 76.0 Å². The zero-order valence-corrected chi connectivity index (χ0v) is 27.9. The lowest BCUT2D eigenvalue weighted by atomic mass is 9.82. The second kappa shape index (κ2) is 15.5. The summed E-state index contributed by atoms with van der Waals surface area (Å²) in [7, 11) is 4.17. The minimum Gasteiger partial charge on any atom is -0.504 e. The normalized spacial score (nSPS) is 24.6. The number of carbonyl (C=O) groups excluding carboxylic acids is 3. The number of aromatic hydroxyl groups is 3. The van der Waals surface area contributed by atoms with Gasteiger partial charge >= 0.3 is 17.9 Å². The van der Waals surface area contributed by atoms with Gasteiger partial charge in [0.25, 0.3) is 6.48 Å². The van der Waals surface area contributed by atoms with Gasteiger partial charge < -0.3 is 58.0 Å². The Bertz CT molecular complexity index is 1690. The molecular weight excluding hydrogens is 684 g/mol. The number of methoxy groups -OCH3 is 3. The van der Waals surface area contributed by atoms with Gasteiger partial charge in [0.05, 0.1) is 21.3 Å². The lowest BCUT2D eigenvalue weighted by molar-refractivity contribution is -0.479. The van der Waals surface area contributed by atoms with E-state index in [4.69, 9.17) is 42.6 Å². The van der Waals surface area contributed by atoms with E-state index in [2.05, 4.69) is 0 Å². The van der Waals surface area contributed by atoms with E-state index in [1.54, 1.807) is 18.2 Å². The molecule has 0 spiro atoms. The highest BCUT2D eigenvalue weighted by Gasteiger charge is 2.66. The molecule has 0 amide bonds. The van der Waals surface area contributed by atoms with Crippen LogP contribution in [-0.2, 0) is 42.8 Å². The Morgan fingerprint density at radius 1 is 0.519 bits per heavy atom. The van der Waals surface area contributed by atoms with Gasteiger partial charge in [0.2, 0.25) is 0 Å². The maximum Gasteiger partial charge on any atom is 0.331 e. The van der Waals surface area contributed by atoms with E-state index in [0.29, 0.717) is 16.7 Å². The zero-order chi connectivity index (χ0) is 36.9. The van der Waals surface area contributed by atoms with E-state index in [1.807, 2.05) is 0 Å². The van der Waals surface area contributed by atoms with Crippen LogP contribution in [0.5, 0.6) is 34.5 Å². The summed E-state index contributed by atoms with van der Waals surface area (Å²) in [5, 5.41) is 29.6. The van der Waals surface area contributed by atoms with Crippen LogP contribution in [0.4, 0.5) is 0 Å². The van der Waals surface area contributed by atoms with Crippen molar-refractivity contribution in [3.8, 4) is 34.5 Å². The third kappa shape index (κ3) is 7.81. The van der Waals surface area contributed by atoms with Crippen molar-refractivity contribution in [2.45, 2.75) is 43.1 Å². The smallest absolute Gasteiger partial charge is 0.331 e. The van der Waals surface area contributed by atoms with Crippen molar-refractivity contribution in [3.05, 3.63) is 89.5 Å². The summed E-state index contributed by atoms with van der Waals surface area (Å²) in [4.78, 5) is 39.4. The van der Waals surface area contributed by atoms with Crippen LogP contribution in [0.15, 0.2) is 72.8 Å². The lowest BCUT2D eigenvalue weighted by Crippen LogP contribution is -2.76. The van der Waals surface area contributed by atoms with Gasteiger partial charge in [-0.1, -0.05) is 18.2 Å². The molecular formula is C37H34O15. The predicted octanol–water partition coefficient (Wildman–Crippen LogP) is 3.48. The average molecular weight is 719 g/mol. The van der Waals surface area contributed by atoms with Crippen molar-refractivity contribution in [3.63, 3.8) is 0 Å². The van der Waals surface area contributed by atoms with Crippen LogP contribution >= 0.6 is 0 Å². The molecule has 52 heavy (non-hydrogen) atoms. The molecule has 15 heteroatoms.